The fourth-order valence-electron chi connectivity index (χ4n) is 2.57. The summed E-state index contributed by atoms with van der Waals surface area (Å²) in [5.74, 6) is -1.15. The van der Waals surface area contributed by atoms with Crippen LogP contribution in [0.3, 0.4) is 0 Å². The summed E-state index contributed by atoms with van der Waals surface area (Å²) in [5.41, 5.74) is 0.970. The average Bonchev–Trinajstić information content (AvgIpc) is 2.75. The van der Waals surface area contributed by atoms with Crippen LogP contribution in [0.25, 0.3) is 0 Å². The van der Waals surface area contributed by atoms with Gasteiger partial charge in [-0.05, 0) is 44.5 Å². The molecule has 0 aliphatic carbocycles. The standard InChI is InChI=1S/C23H28N4O5/c1-23(2,3)32-22(31)26-15-20(29)27-18-12-8-7-11-17(18)13-24-19(28)14-25-21(30)16-9-5-4-6-10-16/h4-12H,13-15H2,1-3H3,(H,24,28)(H,25,30)(H,26,31)(H,27,29). The molecule has 2 aromatic carbocycles. The second-order valence-corrected chi connectivity index (χ2v) is 7.89. The zero-order valence-electron chi connectivity index (χ0n) is 18.4. The molecular formula is C23H28N4O5. The molecule has 170 valence electrons. The molecule has 0 fully saturated rings. The van der Waals surface area contributed by atoms with Crippen LogP contribution < -0.4 is 21.3 Å². The van der Waals surface area contributed by atoms with Crippen LogP contribution in [0.15, 0.2) is 54.6 Å². The van der Waals surface area contributed by atoms with Crippen molar-refractivity contribution in [3.05, 3.63) is 65.7 Å². The number of amides is 4. The van der Waals surface area contributed by atoms with Crippen molar-refractivity contribution >= 4 is 29.5 Å². The van der Waals surface area contributed by atoms with E-state index in [0.29, 0.717) is 16.8 Å². The van der Waals surface area contributed by atoms with Gasteiger partial charge in [-0.2, -0.15) is 0 Å². The third-order valence-electron chi connectivity index (χ3n) is 4.01. The van der Waals surface area contributed by atoms with Crippen molar-refractivity contribution < 1.29 is 23.9 Å². The van der Waals surface area contributed by atoms with Gasteiger partial charge in [-0.3, -0.25) is 14.4 Å². The minimum atomic E-state index is -0.689. The van der Waals surface area contributed by atoms with Crippen LogP contribution in [0, 0.1) is 0 Å². The number of benzene rings is 2. The lowest BCUT2D eigenvalue weighted by atomic mass is 10.1. The Morgan fingerprint density at radius 1 is 0.781 bits per heavy atom. The Balaban J connectivity index is 1.81. The molecule has 2 rings (SSSR count). The maximum atomic E-state index is 12.2. The number of para-hydroxylation sites is 1. The fourth-order valence-corrected chi connectivity index (χ4v) is 2.57. The minimum Gasteiger partial charge on any atom is -0.444 e. The maximum absolute atomic E-state index is 12.2. The Hall–Kier alpha value is -3.88. The lowest BCUT2D eigenvalue weighted by Crippen LogP contribution is -2.37. The Morgan fingerprint density at radius 3 is 2.09 bits per heavy atom. The van der Waals surface area contributed by atoms with Crippen molar-refractivity contribution in [3.8, 4) is 0 Å². The van der Waals surface area contributed by atoms with E-state index in [1.54, 1.807) is 75.4 Å². The van der Waals surface area contributed by atoms with Gasteiger partial charge in [-0.25, -0.2) is 4.79 Å². The van der Waals surface area contributed by atoms with E-state index < -0.39 is 17.6 Å². The van der Waals surface area contributed by atoms with Crippen molar-refractivity contribution in [2.45, 2.75) is 32.9 Å². The monoisotopic (exact) mass is 440 g/mol. The molecule has 0 heterocycles. The SMILES string of the molecule is CC(C)(C)OC(=O)NCC(=O)Nc1ccccc1CNC(=O)CNC(=O)c1ccccc1. The number of rotatable bonds is 8. The first-order valence-corrected chi connectivity index (χ1v) is 10.1. The second kappa shape index (κ2) is 11.5. The molecule has 9 heteroatoms. The largest absolute Gasteiger partial charge is 0.444 e. The molecule has 0 aliphatic heterocycles. The average molecular weight is 441 g/mol. The molecule has 0 radical (unpaired) electrons. The van der Waals surface area contributed by atoms with Crippen LogP contribution in [-0.2, 0) is 20.9 Å². The van der Waals surface area contributed by atoms with Crippen molar-refractivity contribution in [2.24, 2.45) is 0 Å². The number of carbonyl (C=O) groups is 4. The third-order valence-corrected chi connectivity index (χ3v) is 4.01. The Kier molecular flexibility index (Phi) is 8.76. The summed E-state index contributed by atoms with van der Waals surface area (Å²) in [6, 6.07) is 15.5. The van der Waals surface area contributed by atoms with Crippen LogP contribution in [0.2, 0.25) is 0 Å². The van der Waals surface area contributed by atoms with Gasteiger partial charge < -0.3 is 26.0 Å². The van der Waals surface area contributed by atoms with Crippen molar-refractivity contribution in [2.75, 3.05) is 18.4 Å². The van der Waals surface area contributed by atoms with Crippen LogP contribution in [0.1, 0.15) is 36.7 Å². The normalized spacial score (nSPS) is 10.6. The van der Waals surface area contributed by atoms with E-state index in [9.17, 15) is 19.2 Å². The number of carbonyl (C=O) groups excluding carboxylic acids is 4. The summed E-state index contributed by atoms with van der Waals surface area (Å²) in [6.07, 6.45) is -0.689. The van der Waals surface area contributed by atoms with E-state index in [1.165, 1.54) is 0 Å². The first-order valence-electron chi connectivity index (χ1n) is 10.1. The van der Waals surface area contributed by atoms with Crippen LogP contribution in [0.4, 0.5) is 10.5 Å². The van der Waals surface area contributed by atoms with Crippen molar-refractivity contribution in [3.63, 3.8) is 0 Å². The second-order valence-electron chi connectivity index (χ2n) is 7.89. The lowest BCUT2D eigenvalue weighted by Gasteiger charge is -2.19. The highest BCUT2D eigenvalue weighted by atomic mass is 16.6. The summed E-state index contributed by atoms with van der Waals surface area (Å²) in [5, 5.41) is 10.3. The smallest absolute Gasteiger partial charge is 0.408 e. The number of ether oxygens (including phenoxy) is 1. The van der Waals surface area contributed by atoms with Gasteiger partial charge in [-0.1, -0.05) is 36.4 Å². The first kappa shape index (κ1) is 24.4. The zero-order chi connectivity index (χ0) is 23.6. The fraction of sp³-hybridized carbons (Fsp3) is 0.304. The molecular weight excluding hydrogens is 412 g/mol. The van der Waals surface area contributed by atoms with Gasteiger partial charge in [0.1, 0.15) is 12.1 Å². The van der Waals surface area contributed by atoms with Gasteiger partial charge in [0.15, 0.2) is 0 Å². The van der Waals surface area contributed by atoms with Gasteiger partial charge in [0.2, 0.25) is 11.8 Å². The molecule has 0 atom stereocenters. The zero-order valence-corrected chi connectivity index (χ0v) is 18.4. The molecule has 4 amide bonds. The quantitative estimate of drug-likeness (QED) is 0.501. The Morgan fingerprint density at radius 2 is 1.41 bits per heavy atom. The Bertz CT molecular complexity index is 954. The minimum absolute atomic E-state index is 0.149. The van der Waals surface area contributed by atoms with Gasteiger partial charge in [0, 0.05) is 17.8 Å². The van der Waals surface area contributed by atoms with Gasteiger partial charge >= 0.3 is 6.09 Å². The van der Waals surface area contributed by atoms with Crippen molar-refractivity contribution in [1.82, 2.24) is 16.0 Å². The molecule has 4 N–H and O–H groups in total. The highest BCUT2D eigenvalue weighted by Crippen LogP contribution is 2.14. The van der Waals surface area contributed by atoms with Crippen LogP contribution >= 0.6 is 0 Å². The summed E-state index contributed by atoms with van der Waals surface area (Å²) in [4.78, 5) is 47.9. The molecule has 0 saturated heterocycles. The topological polar surface area (TPSA) is 126 Å². The predicted molar refractivity (Wildman–Crippen MR) is 120 cm³/mol. The van der Waals surface area contributed by atoms with E-state index in [0.717, 1.165) is 0 Å². The third kappa shape index (κ3) is 8.86. The maximum Gasteiger partial charge on any atom is 0.408 e. The number of anilines is 1. The Labute approximate surface area is 186 Å². The van der Waals surface area contributed by atoms with E-state index in [4.69, 9.17) is 4.74 Å². The molecule has 9 nitrogen and oxygen atoms in total. The number of hydrogen-bond acceptors (Lipinski definition) is 5. The lowest BCUT2D eigenvalue weighted by molar-refractivity contribution is -0.120. The molecule has 32 heavy (non-hydrogen) atoms. The number of alkyl carbamates (subject to hydrolysis) is 1. The van der Waals surface area contributed by atoms with Gasteiger partial charge in [0.25, 0.3) is 5.91 Å². The van der Waals surface area contributed by atoms with Crippen LogP contribution in [0.5, 0.6) is 0 Å². The van der Waals surface area contributed by atoms with Gasteiger partial charge in [0.05, 0.1) is 6.54 Å². The summed E-state index contributed by atoms with van der Waals surface area (Å²) >= 11 is 0. The summed E-state index contributed by atoms with van der Waals surface area (Å²) < 4.78 is 5.09. The van der Waals surface area contributed by atoms with Gasteiger partial charge in [-0.15, -0.1) is 0 Å². The van der Waals surface area contributed by atoms with E-state index in [2.05, 4.69) is 21.3 Å². The molecule has 0 saturated carbocycles. The molecule has 0 aromatic heterocycles. The summed E-state index contributed by atoms with van der Waals surface area (Å²) in [7, 11) is 0. The highest BCUT2D eigenvalue weighted by Gasteiger charge is 2.17. The molecule has 0 aliphatic rings. The van der Waals surface area contributed by atoms with Crippen LogP contribution in [-0.4, -0.2) is 42.5 Å². The molecule has 2 aromatic rings. The van der Waals surface area contributed by atoms with E-state index in [1.807, 2.05) is 0 Å². The van der Waals surface area contributed by atoms with E-state index in [-0.39, 0.29) is 31.4 Å². The number of hydrogen-bond donors (Lipinski definition) is 4. The highest BCUT2D eigenvalue weighted by molar-refractivity contribution is 5.96. The molecule has 0 spiro atoms. The molecule has 0 bridgehead atoms. The summed E-state index contributed by atoms with van der Waals surface area (Å²) in [6.45, 7) is 4.89. The van der Waals surface area contributed by atoms with E-state index >= 15 is 0 Å². The first-order chi connectivity index (χ1) is 15.1. The molecule has 0 unspecified atom stereocenters. The predicted octanol–water partition coefficient (Wildman–Crippen LogP) is 2.20. The number of nitrogens with one attached hydrogen (secondary N) is 4. The van der Waals surface area contributed by atoms with Crippen molar-refractivity contribution in [1.29, 1.82) is 0 Å².